The molecule has 0 amide bonds. The van der Waals surface area contributed by atoms with Crippen LogP contribution in [0.2, 0.25) is 0 Å². The van der Waals surface area contributed by atoms with Crippen molar-refractivity contribution in [2.24, 2.45) is 0 Å². The molecule has 2 aromatic carbocycles. The second kappa shape index (κ2) is 8.86. The predicted octanol–water partition coefficient (Wildman–Crippen LogP) is 5.82. The zero-order chi connectivity index (χ0) is 21.8. The van der Waals surface area contributed by atoms with E-state index in [1.807, 2.05) is 0 Å². The van der Waals surface area contributed by atoms with Crippen molar-refractivity contribution in [2.45, 2.75) is 44.2 Å². The predicted molar refractivity (Wildman–Crippen MR) is 95.1 cm³/mol. The molecule has 2 N–H and O–H groups in total. The number of carboxylic acid groups (broad SMARTS) is 1. The first kappa shape index (κ1) is 22.7. The summed E-state index contributed by atoms with van der Waals surface area (Å²) in [5.41, 5.74) is -1.23. The number of rotatable bonds is 7. The van der Waals surface area contributed by atoms with Gasteiger partial charge in [0.1, 0.15) is 12.1 Å². The third-order valence-corrected chi connectivity index (χ3v) is 4.36. The Morgan fingerprint density at radius 2 is 1.59 bits per heavy atom. The van der Waals surface area contributed by atoms with Gasteiger partial charge in [0.25, 0.3) is 0 Å². The summed E-state index contributed by atoms with van der Waals surface area (Å²) in [6, 6.07) is 5.53. The van der Waals surface area contributed by atoms with Crippen molar-refractivity contribution in [2.75, 3.05) is 0 Å². The summed E-state index contributed by atoms with van der Waals surface area (Å²) in [5.74, 6) is -1.41. The molecule has 29 heavy (non-hydrogen) atoms. The zero-order valence-corrected chi connectivity index (χ0v) is 15.3. The molecule has 0 bridgehead atoms. The van der Waals surface area contributed by atoms with Crippen LogP contribution in [0.1, 0.15) is 36.9 Å². The largest absolute Gasteiger partial charge is 0.480 e. The number of carboxylic acids is 1. The van der Waals surface area contributed by atoms with Crippen molar-refractivity contribution in [3.63, 3.8) is 0 Å². The maximum Gasteiger partial charge on any atom is 0.417 e. The summed E-state index contributed by atoms with van der Waals surface area (Å²) in [5, 5.41) is 11.2. The van der Waals surface area contributed by atoms with Crippen molar-refractivity contribution in [3.05, 3.63) is 59.7 Å². The fourth-order valence-electron chi connectivity index (χ4n) is 2.98. The van der Waals surface area contributed by atoms with Crippen LogP contribution in [0.25, 0.3) is 11.1 Å². The number of aliphatic carboxylic acids is 1. The van der Waals surface area contributed by atoms with Crippen LogP contribution in [0.15, 0.2) is 48.5 Å². The van der Waals surface area contributed by atoms with Crippen LogP contribution in [0, 0.1) is 0 Å². The van der Waals surface area contributed by atoms with Crippen molar-refractivity contribution < 1.29 is 36.2 Å². The first-order valence-corrected chi connectivity index (χ1v) is 8.77. The number of hydrogen-bond acceptors (Lipinski definition) is 2. The average Bonchev–Trinajstić information content (AvgIpc) is 2.63. The third-order valence-electron chi connectivity index (χ3n) is 4.36. The van der Waals surface area contributed by atoms with E-state index in [1.54, 1.807) is 6.92 Å². The summed E-state index contributed by atoms with van der Waals surface area (Å²) in [4.78, 5) is 11.2. The van der Waals surface area contributed by atoms with E-state index in [4.69, 9.17) is 5.11 Å². The maximum absolute atomic E-state index is 13.5. The fourth-order valence-corrected chi connectivity index (χ4v) is 2.98. The number of hydrogen-bond donors (Lipinski definition) is 2. The number of halogens is 6. The summed E-state index contributed by atoms with van der Waals surface area (Å²) in [6.45, 7) is 1.65. The molecular weight excluding hydrogens is 400 g/mol. The highest BCUT2D eigenvalue weighted by atomic mass is 19.4. The van der Waals surface area contributed by atoms with Crippen LogP contribution >= 0.6 is 0 Å². The van der Waals surface area contributed by atoms with Gasteiger partial charge in [-0.15, -0.1) is 0 Å². The van der Waals surface area contributed by atoms with Crippen molar-refractivity contribution in [1.29, 1.82) is 0 Å². The molecule has 0 fully saturated rings. The molecule has 2 rings (SSSR count). The third kappa shape index (κ3) is 5.72. The second-order valence-electron chi connectivity index (χ2n) is 6.49. The van der Waals surface area contributed by atoms with Crippen LogP contribution < -0.4 is 5.32 Å². The van der Waals surface area contributed by atoms with Crippen LogP contribution in [-0.2, 0) is 11.0 Å². The SMILES string of the molecule is CCC[C@H](N[C@@H](c1ccc(-c2ccccc2C(F)(F)F)cc1)C(F)(F)F)C(=O)O. The Labute approximate surface area is 163 Å². The van der Waals surface area contributed by atoms with E-state index in [9.17, 15) is 31.1 Å². The van der Waals surface area contributed by atoms with Gasteiger partial charge in [-0.3, -0.25) is 10.1 Å². The second-order valence-corrected chi connectivity index (χ2v) is 6.49. The lowest BCUT2D eigenvalue weighted by Crippen LogP contribution is -2.44. The topological polar surface area (TPSA) is 49.3 Å². The first-order valence-electron chi connectivity index (χ1n) is 8.77. The lowest BCUT2D eigenvalue weighted by Gasteiger charge is -2.26. The molecule has 0 unspecified atom stereocenters. The van der Waals surface area contributed by atoms with E-state index in [0.717, 1.165) is 30.3 Å². The Bertz CT molecular complexity index is 830. The van der Waals surface area contributed by atoms with Crippen LogP contribution in [0.5, 0.6) is 0 Å². The van der Waals surface area contributed by atoms with E-state index >= 15 is 0 Å². The monoisotopic (exact) mass is 419 g/mol. The Kier molecular flexibility index (Phi) is 6.94. The fraction of sp³-hybridized carbons (Fsp3) is 0.350. The highest BCUT2D eigenvalue weighted by Gasteiger charge is 2.42. The van der Waals surface area contributed by atoms with Gasteiger partial charge in [0.15, 0.2) is 0 Å². The van der Waals surface area contributed by atoms with Gasteiger partial charge in [-0.05, 0) is 29.2 Å². The molecule has 2 atom stereocenters. The van der Waals surface area contributed by atoms with Crippen LogP contribution in [-0.4, -0.2) is 23.3 Å². The van der Waals surface area contributed by atoms with Gasteiger partial charge < -0.3 is 5.11 Å². The van der Waals surface area contributed by atoms with E-state index in [0.29, 0.717) is 6.42 Å². The molecule has 0 aliphatic carbocycles. The minimum atomic E-state index is -4.78. The molecule has 0 aromatic heterocycles. The molecule has 0 saturated carbocycles. The highest BCUT2D eigenvalue weighted by Crippen LogP contribution is 2.38. The van der Waals surface area contributed by atoms with Gasteiger partial charge in [-0.25, -0.2) is 0 Å². The molecular formula is C20H19F6NO2. The molecule has 2 aromatic rings. The zero-order valence-electron chi connectivity index (χ0n) is 15.3. The van der Waals surface area contributed by atoms with Gasteiger partial charge in [-0.1, -0.05) is 55.8 Å². The van der Waals surface area contributed by atoms with Gasteiger partial charge >= 0.3 is 18.3 Å². The van der Waals surface area contributed by atoms with Gasteiger partial charge in [0.2, 0.25) is 0 Å². The number of benzene rings is 2. The first-order chi connectivity index (χ1) is 13.4. The lowest BCUT2D eigenvalue weighted by atomic mass is 9.96. The van der Waals surface area contributed by atoms with E-state index in [-0.39, 0.29) is 23.1 Å². The molecule has 3 nitrogen and oxygen atoms in total. The maximum atomic E-state index is 13.5. The van der Waals surface area contributed by atoms with E-state index in [2.05, 4.69) is 5.32 Å². The van der Waals surface area contributed by atoms with E-state index < -0.39 is 36.0 Å². The normalized spacial score (nSPS) is 14.4. The van der Waals surface area contributed by atoms with Gasteiger partial charge in [0, 0.05) is 0 Å². The lowest BCUT2D eigenvalue weighted by molar-refractivity contribution is -0.163. The minimum Gasteiger partial charge on any atom is -0.480 e. The van der Waals surface area contributed by atoms with Crippen LogP contribution in [0.4, 0.5) is 26.3 Å². The molecule has 0 heterocycles. The Morgan fingerprint density at radius 1 is 1.00 bits per heavy atom. The smallest absolute Gasteiger partial charge is 0.417 e. The molecule has 0 saturated heterocycles. The van der Waals surface area contributed by atoms with Crippen LogP contribution in [0.3, 0.4) is 0 Å². The molecule has 0 radical (unpaired) electrons. The molecule has 9 heteroatoms. The van der Waals surface area contributed by atoms with Crippen molar-refractivity contribution in [3.8, 4) is 11.1 Å². The van der Waals surface area contributed by atoms with Gasteiger partial charge in [0.05, 0.1) is 5.56 Å². The Hall–Kier alpha value is -2.55. The highest BCUT2D eigenvalue weighted by molar-refractivity contribution is 5.73. The summed E-state index contributed by atoms with van der Waals surface area (Å²) >= 11 is 0. The summed E-state index contributed by atoms with van der Waals surface area (Å²) in [7, 11) is 0. The quantitative estimate of drug-likeness (QED) is 0.556. The minimum absolute atomic E-state index is 0.00104. The van der Waals surface area contributed by atoms with Crippen molar-refractivity contribution >= 4 is 5.97 Å². The van der Waals surface area contributed by atoms with Crippen molar-refractivity contribution in [1.82, 2.24) is 5.32 Å². The standard InChI is InChI=1S/C20H19F6NO2/c1-2-5-16(18(28)29)27-17(20(24,25)26)13-10-8-12(9-11-13)14-6-3-4-7-15(14)19(21,22)23/h3-4,6-11,16-17,27H,2,5H2,1H3,(H,28,29)/t16-,17-/m0/s1. The Morgan fingerprint density at radius 3 is 2.07 bits per heavy atom. The summed E-state index contributed by atoms with van der Waals surface area (Å²) in [6.07, 6.45) is -9.03. The average molecular weight is 419 g/mol. The van der Waals surface area contributed by atoms with E-state index in [1.165, 1.54) is 18.2 Å². The number of carbonyl (C=O) groups is 1. The molecule has 0 spiro atoms. The Balaban J connectivity index is 2.39. The number of nitrogens with one attached hydrogen (secondary N) is 1. The summed E-state index contributed by atoms with van der Waals surface area (Å²) < 4.78 is 80.1. The number of alkyl halides is 6. The molecule has 158 valence electrons. The van der Waals surface area contributed by atoms with Gasteiger partial charge in [-0.2, -0.15) is 26.3 Å². The molecule has 0 aliphatic rings. The molecule has 0 aliphatic heterocycles.